The van der Waals surface area contributed by atoms with Gasteiger partial charge in [0.1, 0.15) is 6.33 Å². The summed E-state index contributed by atoms with van der Waals surface area (Å²) in [6.45, 7) is 4.08. The standard InChI is InChI=1S/C12H18FN3/c1-3-8(2)16-12-10(13)11(14-7-15-12)9-5-4-6-9/h7-9H,3-6H2,1-2H3,(H,14,15,16). The molecule has 0 spiro atoms. The minimum atomic E-state index is -0.257. The molecule has 2 rings (SSSR count). The van der Waals surface area contributed by atoms with Crippen LogP contribution in [0, 0.1) is 5.82 Å². The van der Waals surface area contributed by atoms with Crippen LogP contribution in [0.3, 0.4) is 0 Å². The summed E-state index contributed by atoms with van der Waals surface area (Å²) < 4.78 is 14.1. The van der Waals surface area contributed by atoms with Crippen molar-refractivity contribution in [1.82, 2.24) is 9.97 Å². The highest BCUT2D eigenvalue weighted by molar-refractivity contribution is 5.39. The Morgan fingerprint density at radius 2 is 2.25 bits per heavy atom. The molecule has 0 radical (unpaired) electrons. The number of hydrogen-bond donors (Lipinski definition) is 1. The van der Waals surface area contributed by atoms with Gasteiger partial charge in [-0.1, -0.05) is 13.3 Å². The Balaban J connectivity index is 2.18. The van der Waals surface area contributed by atoms with Crippen LogP contribution in [0.25, 0.3) is 0 Å². The first-order valence-electron chi connectivity index (χ1n) is 5.99. The Labute approximate surface area is 95.5 Å². The van der Waals surface area contributed by atoms with E-state index in [1.54, 1.807) is 0 Å². The second kappa shape index (κ2) is 4.76. The molecule has 0 bridgehead atoms. The smallest absolute Gasteiger partial charge is 0.187 e. The molecule has 1 saturated carbocycles. The molecule has 1 aliphatic carbocycles. The maximum absolute atomic E-state index is 14.1. The molecule has 1 heterocycles. The van der Waals surface area contributed by atoms with Gasteiger partial charge < -0.3 is 5.32 Å². The fourth-order valence-electron chi connectivity index (χ4n) is 1.79. The normalized spacial score (nSPS) is 17.9. The first-order chi connectivity index (χ1) is 7.72. The van der Waals surface area contributed by atoms with Crippen molar-refractivity contribution in [1.29, 1.82) is 0 Å². The molecule has 0 amide bonds. The number of aromatic nitrogens is 2. The SMILES string of the molecule is CCC(C)Nc1ncnc(C2CCC2)c1F. The van der Waals surface area contributed by atoms with Crippen molar-refractivity contribution in [2.75, 3.05) is 5.32 Å². The van der Waals surface area contributed by atoms with E-state index in [9.17, 15) is 4.39 Å². The van der Waals surface area contributed by atoms with Crippen LogP contribution < -0.4 is 5.32 Å². The molecular weight excluding hydrogens is 205 g/mol. The predicted octanol–water partition coefficient (Wildman–Crippen LogP) is 3.09. The zero-order valence-electron chi connectivity index (χ0n) is 9.83. The summed E-state index contributed by atoms with van der Waals surface area (Å²) in [5.41, 5.74) is 0.590. The van der Waals surface area contributed by atoms with E-state index in [4.69, 9.17) is 0 Å². The van der Waals surface area contributed by atoms with Crippen LogP contribution in [0.4, 0.5) is 10.2 Å². The molecular formula is C12H18FN3. The number of nitrogens with one attached hydrogen (secondary N) is 1. The zero-order chi connectivity index (χ0) is 11.5. The lowest BCUT2D eigenvalue weighted by atomic mass is 9.82. The van der Waals surface area contributed by atoms with Crippen molar-refractivity contribution in [3.05, 3.63) is 17.8 Å². The molecule has 16 heavy (non-hydrogen) atoms. The quantitative estimate of drug-likeness (QED) is 0.852. The predicted molar refractivity (Wildman–Crippen MR) is 62.0 cm³/mol. The van der Waals surface area contributed by atoms with Gasteiger partial charge in [-0.3, -0.25) is 0 Å². The van der Waals surface area contributed by atoms with Crippen LogP contribution in [0.5, 0.6) is 0 Å². The van der Waals surface area contributed by atoms with Crippen LogP contribution >= 0.6 is 0 Å². The Bertz CT molecular complexity index is 363. The van der Waals surface area contributed by atoms with Gasteiger partial charge in [0.2, 0.25) is 0 Å². The first kappa shape index (κ1) is 11.3. The molecule has 1 aliphatic rings. The second-order valence-corrected chi connectivity index (χ2v) is 4.50. The average Bonchev–Trinajstić information content (AvgIpc) is 2.21. The Morgan fingerprint density at radius 3 is 2.81 bits per heavy atom. The highest BCUT2D eigenvalue weighted by Gasteiger charge is 2.25. The number of nitrogens with zero attached hydrogens (tertiary/aromatic N) is 2. The summed E-state index contributed by atoms with van der Waals surface area (Å²) in [7, 11) is 0. The molecule has 1 aromatic heterocycles. The summed E-state index contributed by atoms with van der Waals surface area (Å²) in [4.78, 5) is 8.04. The molecule has 1 fully saturated rings. The fraction of sp³-hybridized carbons (Fsp3) is 0.667. The van der Waals surface area contributed by atoms with E-state index in [-0.39, 0.29) is 11.9 Å². The minimum absolute atomic E-state index is 0.235. The van der Waals surface area contributed by atoms with Crippen LogP contribution in [0.15, 0.2) is 6.33 Å². The van der Waals surface area contributed by atoms with Crippen LogP contribution in [-0.2, 0) is 0 Å². The average molecular weight is 223 g/mol. The second-order valence-electron chi connectivity index (χ2n) is 4.50. The van der Waals surface area contributed by atoms with Gasteiger partial charge in [0, 0.05) is 12.0 Å². The monoisotopic (exact) mass is 223 g/mol. The Hall–Kier alpha value is -1.19. The van der Waals surface area contributed by atoms with E-state index in [1.807, 2.05) is 6.92 Å². The van der Waals surface area contributed by atoms with Crippen molar-refractivity contribution in [2.24, 2.45) is 0 Å². The number of hydrogen-bond acceptors (Lipinski definition) is 3. The van der Waals surface area contributed by atoms with Gasteiger partial charge in [0.15, 0.2) is 11.6 Å². The Morgan fingerprint density at radius 1 is 1.50 bits per heavy atom. The number of rotatable bonds is 4. The highest BCUT2D eigenvalue weighted by Crippen LogP contribution is 2.37. The molecule has 1 N–H and O–H groups in total. The van der Waals surface area contributed by atoms with Gasteiger partial charge in [0.25, 0.3) is 0 Å². The fourth-order valence-corrected chi connectivity index (χ4v) is 1.79. The summed E-state index contributed by atoms with van der Waals surface area (Å²) in [5.74, 6) is 0.402. The highest BCUT2D eigenvalue weighted by atomic mass is 19.1. The van der Waals surface area contributed by atoms with Gasteiger partial charge in [-0.2, -0.15) is 0 Å². The lowest BCUT2D eigenvalue weighted by Gasteiger charge is -2.25. The van der Waals surface area contributed by atoms with Crippen molar-refractivity contribution in [2.45, 2.75) is 51.5 Å². The molecule has 0 aliphatic heterocycles. The van der Waals surface area contributed by atoms with Gasteiger partial charge in [-0.25, -0.2) is 14.4 Å². The van der Waals surface area contributed by atoms with Gasteiger partial charge >= 0.3 is 0 Å². The van der Waals surface area contributed by atoms with Crippen molar-refractivity contribution >= 4 is 5.82 Å². The van der Waals surface area contributed by atoms with E-state index in [0.29, 0.717) is 17.4 Å². The maximum Gasteiger partial charge on any atom is 0.187 e. The van der Waals surface area contributed by atoms with Crippen LogP contribution in [-0.4, -0.2) is 16.0 Å². The summed E-state index contributed by atoms with van der Waals surface area (Å²) in [6, 6.07) is 0.235. The molecule has 1 aromatic rings. The largest absolute Gasteiger partial charge is 0.365 e. The summed E-state index contributed by atoms with van der Waals surface area (Å²) in [5, 5.41) is 3.08. The number of halogens is 1. The van der Waals surface area contributed by atoms with Crippen LogP contribution in [0.2, 0.25) is 0 Å². The van der Waals surface area contributed by atoms with Crippen molar-refractivity contribution in [3.63, 3.8) is 0 Å². The molecule has 1 unspecified atom stereocenters. The van der Waals surface area contributed by atoms with E-state index in [1.165, 1.54) is 12.7 Å². The molecule has 0 aromatic carbocycles. The lowest BCUT2D eigenvalue weighted by Crippen LogP contribution is -2.19. The molecule has 4 heteroatoms. The maximum atomic E-state index is 14.1. The topological polar surface area (TPSA) is 37.8 Å². The molecule has 0 saturated heterocycles. The van der Waals surface area contributed by atoms with Gasteiger partial charge in [0.05, 0.1) is 5.69 Å². The van der Waals surface area contributed by atoms with Crippen molar-refractivity contribution < 1.29 is 4.39 Å². The van der Waals surface area contributed by atoms with E-state index in [0.717, 1.165) is 19.3 Å². The minimum Gasteiger partial charge on any atom is -0.365 e. The van der Waals surface area contributed by atoms with Gasteiger partial charge in [-0.05, 0) is 26.2 Å². The molecule has 88 valence electrons. The van der Waals surface area contributed by atoms with Gasteiger partial charge in [-0.15, -0.1) is 0 Å². The third-order valence-corrected chi connectivity index (χ3v) is 3.30. The van der Waals surface area contributed by atoms with E-state index < -0.39 is 0 Å². The third-order valence-electron chi connectivity index (χ3n) is 3.30. The summed E-state index contributed by atoms with van der Waals surface area (Å²) >= 11 is 0. The Kier molecular flexibility index (Phi) is 3.36. The van der Waals surface area contributed by atoms with E-state index >= 15 is 0 Å². The first-order valence-corrected chi connectivity index (χ1v) is 5.99. The number of anilines is 1. The lowest BCUT2D eigenvalue weighted by molar-refractivity contribution is 0.393. The van der Waals surface area contributed by atoms with Crippen molar-refractivity contribution in [3.8, 4) is 0 Å². The molecule has 1 atom stereocenters. The van der Waals surface area contributed by atoms with Crippen LogP contribution in [0.1, 0.15) is 51.1 Å². The zero-order valence-corrected chi connectivity index (χ0v) is 9.83. The summed E-state index contributed by atoms with van der Waals surface area (Å²) in [6.07, 6.45) is 5.69. The molecule has 3 nitrogen and oxygen atoms in total. The third kappa shape index (κ3) is 2.15. The van der Waals surface area contributed by atoms with E-state index in [2.05, 4.69) is 22.2 Å².